The largest absolute Gasteiger partial charge is 0.496 e. The number of carbonyl (C=O) groups is 1. The predicted octanol–water partition coefficient (Wildman–Crippen LogP) is 3.24. The van der Waals surface area contributed by atoms with E-state index in [1.165, 1.54) is 0 Å². The van der Waals surface area contributed by atoms with E-state index in [1.54, 1.807) is 25.6 Å². The third kappa shape index (κ3) is 3.40. The number of para-hydroxylation sites is 1. The third-order valence-corrected chi connectivity index (χ3v) is 4.86. The van der Waals surface area contributed by atoms with Crippen molar-refractivity contribution in [3.8, 4) is 17.1 Å². The number of pyridine rings is 1. The molecule has 0 saturated carbocycles. The molecule has 0 radical (unpaired) electrons. The van der Waals surface area contributed by atoms with Crippen molar-refractivity contribution in [3.05, 3.63) is 60.2 Å². The molecule has 0 spiro atoms. The summed E-state index contributed by atoms with van der Waals surface area (Å²) in [5.41, 5.74) is 1.46. The van der Waals surface area contributed by atoms with Gasteiger partial charge in [-0.1, -0.05) is 12.1 Å². The Bertz CT molecular complexity index is 925. The van der Waals surface area contributed by atoms with Gasteiger partial charge in [-0.2, -0.15) is 5.10 Å². The van der Waals surface area contributed by atoms with E-state index in [0.29, 0.717) is 29.5 Å². The van der Waals surface area contributed by atoms with Gasteiger partial charge in [0.05, 0.1) is 18.7 Å². The molecule has 1 N–H and O–H groups in total. The van der Waals surface area contributed by atoms with Gasteiger partial charge in [0.1, 0.15) is 11.6 Å². The molecular formula is C20H21N5O2. The fourth-order valence-corrected chi connectivity index (χ4v) is 3.49. The summed E-state index contributed by atoms with van der Waals surface area (Å²) in [6, 6.07) is 10.9. The number of aromatic nitrogens is 4. The lowest BCUT2D eigenvalue weighted by Gasteiger charge is -2.34. The number of piperidine rings is 1. The number of carbonyl (C=O) groups excluding carboxylic acids is 1. The predicted molar refractivity (Wildman–Crippen MR) is 100 cm³/mol. The van der Waals surface area contributed by atoms with Gasteiger partial charge in [-0.25, -0.2) is 4.98 Å². The van der Waals surface area contributed by atoms with Crippen molar-refractivity contribution in [3.63, 3.8) is 0 Å². The van der Waals surface area contributed by atoms with Gasteiger partial charge in [-0.15, -0.1) is 0 Å². The van der Waals surface area contributed by atoms with Gasteiger partial charge in [0.25, 0.3) is 5.91 Å². The molecular weight excluding hydrogens is 342 g/mol. The second-order valence-corrected chi connectivity index (χ2v) is 6.49. The van der Waals surface area contributed by atoms with Crippen LogP contribution in [0.3, 0.4) is 0 Å². The first-order valence-electron chi connectivity index (χ1n) is 9.04. The third-order valence-electron chi connectivity index (χ3n) is 4.86. The van der Waals surface area contributed by atoms with E-state index in [2.05, 4.69) is 20.2 Å². The SMILES string of the molecule is COc1ccccc1C(=O)N1CCCCC1c1nc(-c2ccncc2)n[nH]1. The van der Waals surface area contributed by atoms with Crippen LogP contribution in [0.1, 0.15) is 41.5 Å². The molecule has 1 unspecified atom stereocenters. The van der Waals surface area contributed by atoms with Gasteiger partial charge < -0.3 is 9.64 Å². The van der Waals surface area contributed by atoms with Crippen molar-refractivity contribution in [1.82, 2.24) is 25.1 Å². The number of nitrogens with zero attached hydrogens (tertiary/aromatic N) is 4. The number of hydrogen-bond donors (Lipinski definition) is 1. The standard InChI is InChI=1S/C20H21N5O2/c1-27-17-8-3-2-6-15(17)20(26)25-13-5-4-7-16(25)19-22-18(23-24-19)14-9-11-21-12-10-14/h2-3,6,8-12,16H,4-5,7,13H2,1H3,(H,22,23,24). The Morgan fingerprint density at radius 3 is 2.81 bits per heavy atom. The summed E-state index contributed by atoms with van der Waals surface area (Å²) in [6.45, 7) is 0.687. The Morgan fingerprint density at radius 1 is 1.19 bits per heavy atom. The van der Waals surface area contributed by atoms with Crippen LogP contribution in [0, 0.1) is 0 Å². The molecule has 0 aliphatic carbocycles. The molecule has 3 heterocycles. The molecule has 4 rings (SSSR count). The lowest BCUT2D eigenvalue weighted by atomic mass is 10.00. The van der Waals surface area contributed by atoms with Crippen molar-refractivity contribution in [2.45, 2.75) is 25.3 Å². The molecule has 1 amide bonds. The fourth-order valence-electron chi connectivity index (χ4n) is 3.49. The second-order valence-electron chi connectivity index (χ2n) is 6.49. The van der Waals surface area contributed by atoms with Crippen LogP contribution < -0.4 is 4.74 Å². The quantitative estimate of drug-likeness (QED) is 0.769. The molecule has 1 aromatic carbocycles. The van der Waals surface area contributed by atoms with Gasteiger partial charge in [0, 0.05) is 24.5 Å². The first-order valence-corrected chi connectivity index (χ1v) is 9.04. The van der Waals surface area contributed by atoms with Crippen LogP contribution >= 0.6 is 0 Å². The van der Waals surface area contributed by atoms with Crippen LogP contribution in [0.2, 0.25) is 0 Å². The summed E-state index contributed by atoms with van der Waals surface area (Å²) < 4.78 is 5.37. The monoisotopic (exact) mass is 363 g/mol. The zero-order valence-electron chi connectivity index (χ0n) is 15.1. The van der Waals surface area contributed by atoms with E-state index in [1.807, 2.05) is 35.2 Å². The molecule has 1 saturated heterocycles. The number of nitrogens with one attached hydrogen (secondary N) is 1. The molecule has 1 atom stereocenters. The van der Waals surface area contributed by atoms with Gasteiger partial charge in [0.2, 0.25) is 0 Å². The normalized spacial score (nSPS) is 16.9. The lowest BCUT2D eigenvalue weighted by molar-refractivity contribution is 0.0597. The van der Waals surface area contributed by atoms with E-state index in [-0.39, 0.29) is 11.9 Å². The van der Waals surface area contributed by atoms with E-state index in [4.69, 9.17) is 4.74 Å². The zero-order valence-corrected chi connectivity index (χ0v) is 15.1. The van der Waals surface area contributed by atoms with Crippen LogP contribution in [0.5, 0.6) is 5.75 Å². The average Bonchev–Trinajstić information content (AvgIpc) is 3.24. The van der Waals surface area contributed by atoms with Gasteiger partial charge in [-0.05, 0) is 43.5 Å². The number of H-pyrrole nitrogens is 1. The average molecular weight is 363 g/mol. The number of hydrogen-bond acceptors (Lipinski definition) is 5. The number of ether oxygens (including phenoxy) is 1. The highest BCUT2D eigenvalue weighted by Crippen LogP contribution is 2.32. The highest BCUT2D eigenvalue weighted by atomic mass is 16.5. The van der Waals surface area contributed by atoms with E-state index < -0.39 is 0 Å². The van der Waals surface area contributed by atoms with Crippen molar-refractivity contribution < 1.29 is 9.53 Å². The Hall–Kier alpha value is -3.22. The minimum absolute atomic E-state index is 0.0426. The minimum atomic E-state index is -0.126. The van der Waals surface area contributed by atoms with Gasteiger partial charge in [0.15, 0.2) is 5.82 Å². The summed E-state index contributed by atoms with van der Waals surface area (Å²) in [7, 11) is 1.58. The zero-order chi connectivity index (χ0) is 18.6. The number of amides is 1. The summed E-state index contributed by atoms with van der Waals surface area (Å²) in [5.74, 6) is 1.87. The number of likely N-dealkylation sites (tertiary alicyclic amines) is 1. The number of rotatable bonds is 4. The Kier molecular flexibility index (Phi) is 4.82. The van der Waals surface area contributed by atoms with Gasteiger partial charge >= 0.3 is 0 Å². The Labute approximate surface area is 157 Å². The van der Waals surface area contributed by atoms with Crippen LogP contribution in [0.25, 0.3) is 11.4 Å². The maximum atomic E-state index is 13.2. The Balaban J connectivity index is 1.63. The fraction of sp³-hybridized carbons (Fsp3) is 0.300. The van der Waals surface area contributed by atoms with Crippen molar-refractivity contribution in [2.75, 3.05) is 13.7 Å². The van der Waals surface area contributed by atoms with Crippen LogP contribution in [-0.4, -0.2) is 44.6 Å². The van der Waals surface area contributed by atoms with E-state index in [0.717, 1.165) is 24.8 Å². The summed E-state index contributed by atoms with van der Waals surface area (Å²) in [4.78, 5) is 23.8. The summed E-state index contributed by atoms with van der Waals surface area (Å²) in [5, 5.41) is 7.37. The maximum Gasteiger partial charge on any atom is 0.258 e. The lowest BCUT2D eigenvalue weighted by Crippen LogP contribution is -2.39. The van der Waals surface area contributed by atoms with Crippen molar-refractivity contribution in [1.29, 1.82) is 0 Å². The maximum absolute atomic E-state index is 13.2. The van der Waals surface area contributed by atoms with Gasteiger partial charge in [-0.3, -0.25) is 14.9 Å². The topological polar surface area (TPSA) is 84.0 Å². The van der Waals surface area contributed by atoms with Crippen molar-refractivity contribution in [2.24, 2.45) is 0 Å². The highest BCUT2D eigenvalue weighted by molar-refractivity contribution is 5.97. The van der Waals surface area contributed by atoms with E-state index in [9.17, 15) is 4.79 Å². The van der Waals surface area contributed by atoms with Crippen LogP contribution in [0.4, 0.5) is 0 Å². The molecule has 3 aromatic rings. The first-order chi connectivity index (χ1) is 13.3. The molecule has 1 aliphatic heterocycles. The van der Waals surface area contributed by atoms with Crippen LogP contribution in [0.15, 0.2) is 48.8 Å². The molecule has 2 aromatic heterocycles. The second kappa shape index (κ2) is 7.57. The summed E-state index contributed by atoms with van der Waals surface area (Å²) >= 11 is 0. The highest BCUT2D eigenvalue weighted by Gasteiger charge is 2.32. The molecule has 1 aliphatic rings. The molecule has 7 heteroatoms. The number of aromatic amines is 1. The Morgan fingerprint density at radius 2 is 2.00 bits per heavy atom. The molecule has 7 nitrogen and oxygen atoms in total. The molecule has 27 heavy (non-hydrogen) atoms. The summed E-state index contributed by atoms with van der Waals surface area (Å²) in [6.07, 6.45) is 6.30. The molecule has 138 valence electrons. The minimum Gasteiger partial charge on any atom is -0.496 e. The van der Waals surface area contributed by atoms with Crippen molar-refractivity contribution >= 4 is 5.91 Å². The molecule has 0 bridgehead atoms. The first kappa shape index (κ1) is 17.2. The van der Waals surface area contributed by atoms with Crippen LogP contribution in [-0.2, 0) is 0 Å². The number of benzene rings is 1. The van der Waals surface area contributed by atoms with E-state index >= 15 is 0 Å². The number of methoxy groups -OCH3 is 1. The smallest absolute Gasteiger partial charge is 0.258 e. The molecule has 1 fully saturated rings.